The highest BCUT2D eigenvalue weighted by atomic mass is 35.5. The van der Waals surface area contributed by atoms with Crippen LogP contribution >= 0.6 is 11.6 Å². The molecule has 0 atom stereocenters. The summed E-state index contributed by atoms with van der Waals surface area (Å²) in [6, 6.07) is 5.78. The van der Waals surface area contributed by atoms with Gasteiger partial charge in [0.25, 0.3) is 0 Å². The molecule has 0 saturated heterocycles. The molecule has 0 amide bonds. The van der Waals surface area contributed by atoms with Gasteiger partial charge in [0.2, 0.25) is 0 Å². The summed E-state index contributed by atoms with van der Waals surface area (Å²) in [5, 5.41) is 5.36. The van der Waals surface area contributed by atoms with E-state index in [2.05, 4.69) is 5.10 Å². The van der Waals surface area contributed by atoms with Gasteiger partial charge in [0.1, 0.15) is 0 Å². The van der Waals surface area contributed by atoms with Gasteiger partial charge in [-0.05, 0) is 43.9 Å². The highest BCUT2D eigenvalue weighted by Gasteiger charge is 2.27. The SMILES string of the molecule is CCc1nn(-c2cc(Cl)ccc2C)c2c1C(=O)CCC2. The zero-order valence-electron chi connectivity index (χ0n) is 11.7. The Morgan fingerprint density at radius 3 is 2.90 bits per heavy atom. The standard InChI is InChI=1S/C16H17ClN2O/c1-3-12-16-13(5-4-6-15(16)20)19(18-12)14-9-11(17)8-7-10(14)2/h7-9H,3-6H2,1-2H3. The van der Waals surface area contributed by atoms with Crippen molar-refractivity contribution in [3.8, 4) is 5.69 Å². The summed E-state index contributed by atoms with van der Waals surface area (Å²) in [7, 11) is 0. The first-order valence-corrected chi connectivity index (χ1v) is 7.40. The molecule has 0 radical (unpaired) electrons. The maximum absolute atomic E-state index is 12.2. The Kier molecular flexibility index (Phi) is 3.38. The second kappa shape index (κ2) is 5.06. The average molecular weight is 289 g/mol. The molecule has 0 fully saturated rings. The third kappa shape index (κ3) is 2.06. The van der Waals surface area contributed by atoms with Crippen LogP contribution in [0.1, 0.15) is 47.1 Å². The van der Waals surface area contributed by atoms with Crippen LogP contribution in [-0.2, 0) is 12.8 Å². The summed E-state index contributed by atoms with van der Waals surface area (Å²) < 4.78 is 1.92. The molecule has 3 nitrogen and oxygen atoms in total. The first-order chi connectivity index (χ1) is 9.61. The van der Waals surface area contributed by atoms with Crippen LogP contribution in [-0.4, -0.2) is 15.6 Å². The number of nitrogens with zero attached hydrogens (tertiary/aromatic N) is 2. The third-order valence-corrected chi connectivity index (χ3v) is 4.12. The van der Waals surface area contributed by atoms with E-state index >= 15 is 0 Å². The molecular formula is C16H17ClN2O. The topological polar surface area (TPSA) is 34.9 Å². The summed E-state index contributed by atoms with van der Waals surface area (Å²) in [6.07, 6.45) is 3.22. The van der Waals surface area contributed by atoms with Gasteiger partial charge in [-0.25, -0.2) is 4.68 Å². The van der Waals surface area contributed by atoms with E-state index < -0.39 is 0 Å². The van der Waals surface area contributed by atoms with Crippen LogP contribution in [0.3, 0.4) is 0 Å². The third-order valence-electron chi connectivity index (χ3n) is 3.88. The Morgan fingerprint density at radius 2 is 2.15 bits per heavy atom. The lowest BCUT2D eigenvalue weighted by atomic mass is 9.93. The molecule has 1 heterocycles. The summed E-state index contributed by atoms with van der Waals surface area (Å²) >= 11 is 6.11. The predicted molar refractivity (Wildman–Crippen MR) is 80.0 cm³/mol. The van der Waals surface area contributed by atoms with Crippen molar-refractivity contribution in [1.82, 2.24) is 9.78 Å². The second-order valence-electron chi connectivity index (χ2n) is 5.24. The fourth-order valence-electron chi connectivity index (χ4n) is 2.86. The quantitative estimate of drug-likeness (QED) is 0.839. The Hall–Kier alpha value is -1.61. The molecule has 0 spiro atoms. The molecule has 1 aromatic heterocycles. The van der Waals surface area contributed by atoms with Crippen molar-refractivity contribution in [2.24, 2.45) is 0 Å². The molecule has 104 valence electrons. The Bertz CT molecular complexity index is 688. The highest BCUT2D eigenvalue weighted by molar-refractivity contribution is 6.30. The van der Waals surface area contributed by atoms with Gasteiger partial charge < -0.3 is 0 Å². The zero-order valence-corrected chi connectivity index (χ0v) is 12.5. The number of benzene rings is 1. The van der Waals surface area contributed by atoms with E-state index in [1.165, 1.54) is 0 Å². The van der Waals surface area contributed by atoms with Gasteiger partial charge in [0.15, 0.2) is 5.78 Å². The molecule has 1 aromatic carbocycles. The van der Waals surface area contributed by atoms with E-state index in [1.54, 1.807) is 0 Å². The highest BCUT2D eigenvalue weighted by Crippen LogP contribution is 2.29. The minimum atomic E-state index is 0.231. The fourth-order valence-corrected chi connectivity index (χ4v) is 3.02. The van der Waals surface area contributed by atoms with Gasteiger partial charge in [-0.2, -0.15) is 5.10 Å². The molecule has 4 heteroatoms. The fraction of sp³-hybridized carbons (Fsp3) is 0.375. The maximum atomic E-state index is 12.2. The van der Waals surface area contributed by atoms with Crippen molar-refractivity contribution in [3.05, 3.63) is 45.7 Å². The number of rotatable bonds is 2. The van der Waals surface area contributed by atoms with Crippen LogP contribution in [0.4, 0.5) is 0 Å². The Morgan fingerprint density at radius 1 is 1.35 bits per heavy atom. The molecule has 0 bridgehead atoms. The number of hydrogen-bond donors (Lipinski definition) is 0. The number of Topliss-reactive ketones (excluding diaryl/α,β-unsaturated/α-hetero) is 1. The van der Waals surface area contributed by atoms with Crippen molar-refractivity contribution in [3.63, 3.8) is 0 Å². The monoisotopic (exact) mass is 288 g/mol. The molecule has 0 saturated carbocycles. The smallest absolute Gasteiger partial charge is 0.166 e. The van der Waals surface area contributed by atoms with E-state index in [9.17, 15) is 4.79 Å². The van der Waals surface area contributed by atoms with Crippen LogP contribution in [0.15, 0.2) is 18.2 Å². The van der Waals surface area contributed by atoms with Gasteiger partial charge in [-0.3, -0.25) is 4.79 Å². The lowest BCUT2D eigenvalue weighted by Crippen LogP contribution is -2.13. The minimum absolute atomic E-state index is 0.231. The van der Waals surface area contributed by atoms with Gasteiger partial charge in [-0.15, -0.1) is 0 Å². The van der Waals surface area contributed by atoms with E-state index in [0.717, 1.165) is 47.5 Å². The molecular weight excluding hydrogens is 272 g/mol. The summed E-state index contributed by atoms with van der Waals surface area (Å²) in [4.78, 5) is 12.2. The maximum Gasteiger partial charge on any atom is 0.166 e. The number of carbonyl (C=O) groups is 1. The van der Waals surface area contributed by atoms with Gasteiger partial charge in [0, 0.05) is 11.4 Å². The average Bonchev–Trinajstić information content (AvgIpc) is 2.81. The largest absolute Gasteiger partial charge is 0.294 e. The van der Waals surface area contributed by atoms with Gasteiger partial charge >= 0.3 is 0 Å². The molecule has 0 aliphatic heterocycles. The molecule has 3 rings (SSSR count). The molecule has 1 aliphatic rings. The molecule has 1 aliphatic carbocycles. The minimum Gasteiger partial charge on any atom is -0.294 e. The molecule has 0 N–H and O–H groups in total. The zero-order chi connectivity index (χ0) is 14.3. The van der Waals surface area contributed by atoms with Gasteiger partial charge in [-0.1, -0.05) is 24.6 Å². The van der Waals surface area contributed by atoms with Crippen molar-refractivity contribution in [2.45, 2.75) is 39.5 Å². The van der Waals surface area contributed by atoms with E-state index in [4.69, 9.17) is 11.6 Å². The normalized spacial score (nSPS) is 14.4. The van der Waals surface area contributed by atoms with Crippen LogP contribution in [0, 0.1) is 6.92 Å². The summed E-state index contributed by atoms with van der Waals surface area (Å²) in [5.74, 6) is 0.231. The summed E-state index contributed by atoms with van der Waals surface area (Å²) in [6.45, 7) is 4.08. The van der Waals surface area contributed by atoms with Gasteiger partial charge in [0.05, 0.1) is 22.6 Å². The van der Waals surface area contributed by atoms with Crippen molar-refractivity contribution in [1.29, 1.82) is 0 Å². The van der Waals surface area contributed by atoms with Crippen LogP contribution < -0.4 is 0 Å². The van der Waals surface area contributed by atoms with E-state index in [1.807, 2.05) is 36.7 Å². The number of aromatic nitrogens is 2. The second-order valence-corrected chi connectivity index (χ2v) is 5.68. The van der Waals surface area contributed by atoms with Crippen LogP contribution in [0.5, 0.6) is 0 Å². The Labute approximate surface area is 123 Å². The van der Waals surface area contributed by atoms with Crippen LogP contribution in [0.25, 0.3) is 5.69 Å². The first-order valence-electron chi connectivity index (χ1n) is 7.02. The number of ketones is 1. The predicted octanol–water partition coefficient (Wildman–Crippen LogP) is 3.92. The Balaban J connectivity index is 2.24. The lowest BCUT2D eigenvalue weighted by molar-refractivity contribution is 0.0971. The number of fused-ring (bicyclic) bond motifs is 1. The molecule has 2 aromatic rings. The number of aryl methyl sites for hydroxylation is 2. The van der Waals surface area contributed by atoms with Crippen molar-refractivity contribution < 1.29 is 4.79 Å². The molecule has 0 unspecified atom stereocenters. The summed E-state index contributed by atoms with van der Waals surface area (Å²) in [5.41, 5.74) is 4.88. The van der Waals surface area contributed by atoms with E-state index in [0.29, 0.717) is 11.4 Å². The lowest BCUT2D eigenvalue weighted by Gasteiger charge is -2.15. The van der Waals surface area contributed by atoms with Crippen molar-refractivity contribution >= 4 is 17.4 Å². The van der Waals surface area contributed by atoms with E-state index in [-0.39, 0.29) is 5.78 Å². The van der Waals surface area contributed by atoms with Crippen molar-refractivity contribution in [2.75, 3.05) is 0 Å². The number of carbonyl (C=O) groups excluding carboxylic acids is 1. The molecule has 20 heavy (non-hydrogen) atoms. The first kappa shape index (κ1) is 13.4. The number of hydrogen-bond acceptors (Lipinski definition) is 2. The number of halogens is 1. The van der Waals surface area contributed by atoms with Crippen LogP contribution in [0.2, 0.25) is 5.02 Å².